The number of benzene rings is 1. The van der Waals surface area contributed by atoms with E-state index in [0.717, 1.165) is 12.1 Å². The third-order valence-corrected chi connectivity index (χ3v) is 3.36. The van der Waals surface area contributed by atoms with E-state index < -0.39 is 15.8 Å². The van der Waals surface area contributed by atoms with E-state index in [1.54, 1.807) is 0 Å². The third kappa shape index (κ3) is 4.49. The molecule has 0 spiro atoms. The van der Waals surface area contributed by atoms with Gasteiger partial charge in [-0.15, -0.1) is 0 Å². The molecule has 0 saturated heterocycles. The lowest BCUT2D eigenvalue weighted by Gasteiger charge is -2.06. The number of amides is 1. The number of hydrogen-bond donors (Lipinski definition) is 2. The minimum Gasteiger partial charge on any atom is -0.355 e. The van der Waals surface area contributed by atoms with Crippen molar-refractivity contribution in [2.45, 2.75) is 11.8 Å². The van der Waals surface area contributed by atoms with Crippen LogP contribution in [0.4, 0.5) is 4.39 Å². The first kappa shape index (κ1) is 13.6. The normalized spacial score (nSPS) is 11.2. The number of hydrogen-bond acceptors (Lipinski definition) is 3. The second-order valence-corrected chi connectivity index (χ2v) is 5.11. The fraction of sp³-hybridized carbons (Fsp3) is 0.300. The lowest BCUT2D eigenvalue weighted by molar-refractivity contribution is -0.118. The molecule has 94 valence electrons. The van der Waals surface area contributed by atoms with Gasteiger partial charge in [-0.3, -0.25) is 4.79 Å². The Morgan fingerprint density at radius 2 is 2.06 bits per heavy atom. The van der Waals surface area contributed by atoms with Crippen molar-refractivity contribution in [3.8, 4) is 0 Å². The van der Waals surface area contributed by atoms with Crippen LogP contribution in [0, 0.1) is 5.82 Å². The Balaban J connectivity index is 2.60. The fourth-order valence-electron chi connectivity index (χ4n) is 1.14. The first-order chi connectivity index (χ1) is 7.92. The predicted octanol–water partition coefficient (Wildman–Crippen LogP) is 0.240. The summed E-state index contributed by atoms with van der Waals surface area (Å²) in [5, 5.41) is 2.44. The van der Waals surface area contributed by atoms with Crippen LogP contribution in [0.25, 0.3) is 0 Å². The molecule has 0 radical (unpaired) electrons. The number of rotatable bonds is 5. The smallest absolute Gasteiger partial charge is 0.240 e. The van der Waals surface area contributed by atoms with Crippen molar-refractivity contribution in [1.82, 2.24) is 10.0 Å². The highest BCUT2D eigenvalue weighted by molar-refractivity contribution is 7.89. The summed E-state index contributed by atoms with van der Waals surface area (Å²) in [5.74, 6) is -0.857. The maximum Gasteiger partial charge on any atom is 0.240 e. The number of halogens is 1. The first-order valence-corrected chi connectivity index (χ1v) is 6.40. The predicted molar refractivity (Wildman–Crippen MR) is 60.3 cm³/mol. The molecule has 1 aromatic rings. The van der Waals surface area contributed by atoms with Crippen molar-refractivity contribution < 1.29 is 17.6 Å². The summed E-state index contributed by atoms with van der Waals surface area (Å²) in [6.07, 6.45) is 0. The highest BCUT2D eigenvalue weighted by Gasteiger charge is 2.13. The maximum absolute atomic E-state index is 12.8. The van der Waals surface area contributed by atoms with E-state index in [1.165, 1.54) is 19.1 Å². The van der Waals surface area contributed by atoms with Crippen LogP contribution >= 0.6 is 0 Å². The zero-order chi connectivity index (χ0) is 12.9. The molecule has 5 nitrogen and oxygen atoms in total. The zero-order valence-electron chi connectivity index (χ0n) is 9.23. The first-order valence-electron chi connectivity index (χ1n) is 4.91. The SMILES string of the molecule is CC(=O)NCCNS(=O)(=O)c1cccc(F)c1. The number of nitrogens with one attached hydrogen (secondary N) is 2. The summed E-state index contributed by atoms with van der Waals surface area (Å²) >= 11 is 0. The van der Waals surface area contributed by atoms with Crippen LogP contribution in [-0.4, -0.2) is 27.4 Å². The molecule has 0 aliphatic heterocycles. The molecule has 1 aromatic carbocycles. The van der Waals surface area contributed by atoms with Crippen LogP contribution in [0.2, 0.25) is 0 Å². The van der Waals surface area contributed by atoms with Crippen molar-refractivity contribution in [3.63, 3.8) is 0 Å². The molecule has 1 amide bonds. The van der Waals surface area contributed by atoms with Crippen molar-refractivity contribution >= 4 is 15.9 Å². The molecule has 17 heavy (non-hydrogen) atoms. The van der Waals surface area contributed by atoms with Crippen LogP contribution < -0.4 is 10.0 Å². The molecule has 2 N–H and O–H groups in total. The van der Waals surface area contributed by atoms with Gasteiger partial charge in [0.1, 0.15) is 5.82 Å². The molecule has 0 unspecified atom stereocenters. The molecule has 0 fully saturated rings. The van der Waals surface area contributed by atoms with E-state index >= 15 is 0 Å². The number of sulfonamides is 1. The van der Waals surface area contributed by atoms with Crippen molar-refractivity contribution in [2.75, 3.05) is 13.1 Å². The largest absolute Gasteiger partial charge is 0.355 e. The molecule has 0 saturated carbocycles. The quantitative estimate of drug-likeness (QED) is 0.745. The maximum atomic E-state index is 12.8. The molecule has 0 atom stereocenters. The van der Waals surface area contributed by atoms with Crippen LogP contribution in [0.5, 0.6) is 0 Å². The van der Waals surface area contributed by atoms with Gasteiger partial charge in [0.05, 0.1) is 4.90 Å². The second-order valence-electron chi connectivity index (χ2n) is 3.34. The van der Waals surface area contributed by atoms with Crippen molar-refractivity contribution in [3.05, 3.63) is 30.1 Å². The van der Waals surface area contributed by atoms with E-state index in [1.807, 2.05) is 0 Å². The van der Waals surface area contributed by atoms with Gasteiger partial charge in [-0.2, -0.15) is 0 Å². The summed E-state index contributed by atoms with van der Waals surface area (Å²) < 4.78 is 38.4. The molecule has 0 aliphatic rings. The molecule has 1 rings (SSSR count). The van der Waals surface area contributed by atoms with Gasteiger partial charge in [-0.1, -0.05) is 6.07 Å². The molecule has 0 heterocycles. The van der Waals surface area contributed by atoms with Gasteiger partial charge in [0.15, 0.2) is 0 Å². The highest BCUT2D eigenvalue weighted by Crippen LogP contribution is 2.09. The van der Waals surface area contributed by atoms with Gasteiger partial charge in [0.2, 0.25) is 15.9 Å². The second kappa shape index (κ2) is 5.74. The molecule has 7 heteroatoms. The lowest BCUT2D eigenvalue weighted by Crippen LogP contribution is -2.33. The zero-order valence-corrected chi connectivity index (χ0v) is 10.1. The topological polar surface area (TPSA) is 75.3 Å². The highest BCUT2D eigenvalue weighted by atomic mass is 32.2. The van der Waals surface area contributed by atoms with Gasteiger partial charge in [0.25, 0.3) is 0 Å². The van der Waals surface area contributed by atoms with Gasteiger partial charge < -0.3 is 5.32 Å². The lowest BCUT2D eigenvalue weighted by atomic mass is 10.4. The van der Waals surface area contributed by atoms with E-state index in [2.05, 4.69) is 10.0 Å². The Morgan fingerprint density at radius 3 is 2.65 bits per heavy atom. The molecule has 0 aliphatic carbocycles. The Kier molecular flexibility index (Phi) is 4.59. The summed E-state index contributed by atoms with van der Waals surface area (Å²) in [6.45, 7) is 1.57. The summed E-state index contributed by atoms with van der Waals surface area (Å²) in [6, 6.07) is 4.71. The third-order valence-electron chi connectivity index (χ3n) is 1.90. The van der Waals surface area contributed by atoms with E-state index in [-0.39, 0.29) is 23.9 Å². The standard InChI is InChI=1S/C10H13FN2O3S/c1-8(14)12-5-6-13-17(15,16)10-4-2-3-9(11)7-10/h2-4,7,13H,5-6H2,1H3,(H,12,14). The Morgan fingerprint density at radius 1 is 1.35 bits per heavy atom. The van der Waals surface area contributed by atoms with Crippen LogP contribution in [0.15, 0.2) is 29.2 Å². The number of carbonyl (C=O) groups excluding carboxylic acids is 1. The Hall–Kier alpha value is -1.47. The average molecular weight is 260 g/mol. The van der Waals surface area contributed by atoms with Crippen molar-refractivity contribution in [2.24, 2.45) is 0 Å². The summed E-state index contributed by atoms with van der Waals surface area (Å²) in [5.41, 5.74) is 0. The molecular formula is C10H13FN2O3S. The monoisotopic (exact) mass is 260 g/mol. The summed E-state index contributed by atoms with van der Waals surface area (Å²) in [7, 11) is -3.72. The minimum absolute atomic E-state index is 0.0540. The Labute approximate surface area is 99.1 Å². The molecular weight excluding hydrogens is 247 g/mol. The van der Waals surface area contributed by atoms with E-state index in [9.17, 15) is 17.6 Å². The van der Waals surface area contributed by atoms with Crippen LogP contribution in [0.1, 0.15) is 6.92 Å². The Bertz CT molecular complexity index is 502. The minimum atomic E-state index is -3.72. The molecule has 0 bridgehead atoms. The van der Waals surface area contributed by atoms with Crippen molar-refractivity contribution in [1.29, 1.82) is 0 Å². The van der Waals surface area contributed by atoms with Gasteiger partial charge in [-0.05, 0) is 18.2 Å². The van der Waals surface area contributed by atoms with Crippen LogP contribution in [-0.2, 0) is 14.8 Å². The van der Waals surface area contributed by atoms with E-state index in [4.69, 9.17) is 0 Å². The molecule has 0 aromatic heterocycles. The fourth-order valence-corrected chi connectivity index (χ4v) is 2.20. The van der Waals surface area contributed by atoms with Gasteiger partial charge in [-0.25, -0.2) is 17.5 Å². The van der Waals surface area contributed by atoms with Gasteiger partial charge in [0, 0.05) is 20.0 Å². The summed E-state index contributed by atoms with van der Waals surface area (Å²) in [4.78, 5) is 10.4. The van der Waals surface area contributed by atoms with Gasteiger partial charge >= 0.3 is 0 Å². The number of carbonyl (C=O) groups is 1. The van der Waals surface area contributed by atoms with E-state index in [0.29, 0.717) is 0 Å². The van der Waals surface area contributed by atoms with Crippen LogP contribution in [0.3, 0.4) is 0 Å². The average Bonchev–Trinajstić information content (AvgIpc) is 2.24.